The lowest BCUT2D eigenvalue weighted by atomic mass is 10.1. The van der Waals surface area contributed by atoms with E-state index in [1.165, 1.54) is 19.7 Å². The molecule has 0 aliphatic rings. The Morgan fingerprint density at radius 1 is 0.674 bits per heavy atom. The molecule has 0 fully saturated rings. The van der Waals surface area contributed by atoms with E-state index < -0.39 is 20.0 Å². The minimum atomic E-state index is -3.58. The summed E-state index contributed by atoms with van der Waals surface area (Å²) < 4.78 is 56.5. The number of hydrogen-bond donors (Lipinski definition) is 2. The molecule has 0 radical (unpaired) electrons. The molecule has 254 valence electrons. The summed E-state index contributed by atoms with van der Waals surface area (Å²) in [5, 5.41) is 2.12. The van der Waals surface area contributed by atoms with Gasteiger partial charge in [-0.05, 0) is 107 Å². The van der Waals surface area contributed by atoms with Gasteiger partial charge in [-0.1, -0.05) is 19.1 Å². The maximum Gasteiger partial charge on any atom is 0.218 e. The van der Waals surface area contributed by atoms with E-state index >= 15 is 0 Å². The Balaban J connectivity index is 1.34. The van der Waals surface area contributed by atoms with E-state index in [4.69, 9.17) is 0 Å². The molecule has 0 amide bonds. The number of likely N-dealkylation sites (N-methyl/N-ethyl adjacent to an activating group) is 2. The Bertz CT molecular complexity index is 1810. The number of aromatic nitrogens is 2. The van der Waals surface area contributed by atoms with Crippen molar-refractivity contribution in [2.24, 2.45) is 0 Å². The Hall–Kier alpha value is -2.74. The van der Waals surface area contributed by atoms with Crippen LogP contribution in [0.15, 0.2) is 48.8 Å². The Labute approximate surface area is 275 Å². The number of nitrogens with zero attached hydrogens (tertiary/aromatic N) is 4. The van der Waals surface area contributed by atoms with Gasteiger partial charge >= 0.3 is 0 Å². The molecule has 1 unspecified atom stereocenters. The van der Waals surface area contributed by atoms with Crippen molar-refractivity contribution in [2.75, 3.05) is 61.9 Å². The molecule has 2 aromatic heterocycles. The van der Waals surface area contributed by atoms with Crippen LogP contribution < -0.4 is 0 Å². The van der Waals surface area contributed by atoms with Crippen molar-refractivity contribution in [3.05, 3.63) is 71.0 Å². The minimum Gasteiger partial charge on any atom is -0.361 e. The van der Waals surface area contributed by atoms with E-state index in [0.29, 0.717) is 25.8 Å². The second kappa shape index (κ2) is 15.4. The van der Waals surface area contributed by atoms with Gasteiger partial charge in [-0.25, -0.2) is 25.4 Å². The number of benzene rings is 2. The summed E-state index contributed by atoms with van der Waals surface area (Å²) in [6, 6.07) is 11.4. The van der Waals surface area contributed by atoms with Crippen LogP contribution in [0, 0.1) is 0 Å². The summed E-state index contributed by atoms with van der Waals surface area (Å²) in [4.78, 5) is 10.8. The molecule has 2 heterocycles. The highest BCUT2D eigenvalue weighted by molar-refractivity contribution is 7.88. The highest BCUT2D eigenvalue weighted by Gasteiger charge is 2.26. The molecular weight excluding hydrogens is 621 g/mol. The average molecular weight is 673 g/mol. The summed E-state index contributed by atoms with van der Waals surface area (Å²) >= 11 is 0. The zero-order chi connectivity index (χ0) is 33.6. The lowest BCUT2D eigenvalue weighted by Crippen LogP contribution is -2.38. The summed E-state index contributed by atoms with van der Waals surface area (Å²) in [7, 11) is 4.28. The lowest BCUT2D eigenvalue weighted by molar-refractivity contribution is 0.323. The Morgan fingerprint density at radius 3 is 1.61 bits per heavy atom. The van der Waals surface area contributed by atoms with Gasteiger partial charge in [-0.3, -0.25) is 0 Å². The van der Waals surface area contributed by atoms with Gasteiger partial charge in [0.05, 0.1) is 11.5 Å². The van der Waals surface area contributed by atoms with Crippen molar-refractivity contribution in [2.45, 2.75) is 56.6 Å². The van der Waals surface area contributed by atoms with Gasteiger partial charge in [0.15, 0.2) is 0 Å². The molecule has 0 saturated heterocycles. The summed E-state index contributed by atoms with van der Waals surface area (Å²) in [5.41, 5.74) is 5.87. The number of sulfonamides is 2. The van der Waals surface area contributed by atoms with Crippen molar-refractivity contribution in [1.29, 1.82) is 0 Å². The zero-order valence-electron chi connectivity index (χ0n) is 28.5. The second-order valence-electron chi connectivity index (χ2n) is 13.0. The third kappa shape index (κ3) is 9.20. The first kappa shape index (κ1) is 36.1. The van der Waals surface area contributed by atoms with E-state index in [2.05, 4.69) is 19.8 Å². The average Bonchev–Trinajstić information content (AvgIpc) is 3.59. The molecule has 10 nitrogen and oxygen atoms in total. The molecule has 4 rings (SSSR count). The highest BCUT2D eigenvalue weighted by Crippen LogP contribution is 2.25. The number of fused-ring (bicyclic) bond motifs is 2. The maximum atomic E-state index is 13.5. The summed E-state index contributed by atoms with van der Waals surface area (Å²) in [5.74, 6) is -0.156. The van der Waals surface area contributed by atoms with Crippen molar-refractivity contribution >= 4 is 41.9 Å². The van der Waals surface area contributed by atoms with Crippen LogP contribution in [0.5, 0.6) is 0 Å². The number of nitrogens with one attached hydrogen (secondary N) is 2. The number of hydrogen-bond acceptors (Lipinski definition) is 6. The van der Waals surface area contributed by atoms with Crippen LogP contribution in [0.2, 0.25) is 0 Å². The molecule has 12 heteroatoms. The first-order chi connectivity index (χ1) is 21.7. The molecule has 2 N–H and O–H groups in total. The predicted octanol–water partition coefficient (Wildman–Crippen LogP) is 4.64. The Morgan fingerprint density at radius 2 is 1.15 bits per heavy atom. The van der Waals surface area contributed by atoms with Crippen LogP contribution in [-0.2, 0) is 44.4 Å². The van der Waals surface area contributed by atoms with Crippen molar-refractivity contribution in [3.63, 3.8) is 0 Å². The highest BCUT2D eigenvalue weighted by atomic mass is 32.2. The third-order valence-electron chi connectivity index (χ3n) is 8.93. The van der Waals surface area contributed by atoms with Crippen LogP contribution in [0.3, 0.4) is 0 Å². The molecule has 1 atom stereocenters. The fraction of sp³-hybridized carbons (Fsp3) is 0.529. The van der Waals surface area contributed by atoms with Gasteiger partial charge in [0, 0.05) is 74.0 Å². The molecule has 0 aliphatic carbocycles. The van der Waals surface area contributed by atoms with E-state index in [9.17, 15) is 16.8 Å². The topological polar surface area (TPSA) is 113 Å². The van der Waals surface area contributed by atoms with Gasteiger partial charge < -0.3 is 19.8 Å². The van der Waals surface area contributed by atoms with Gasteiger partial charge in [0.25, 0.3) is 0 Å². The zero-order valence-corrected chi connectivity index (χ0v) is 30.1. The molecule has 46 heavy (non-hydrogen) atoms. The van der Waals surface area contributed by atoms with Crippen LogP contribution >= 0.6 is 0 Å². The quantitative estimate of drug-likeness (QED) is 0.159. The van der Waals surface area contributed by atoms with Gasteiger partial charge in [-0.15, -0.1) is 0 Å². The van der Waals surface area contributed by atoms with Crippen LogP contribution in [-0.4, -0.2) is 113 Å². The standard InChI is InChI=1S/C34H52N6O4S2/c1-8-30(40(7)46(43,44)25-27-12-14-34-32(21-27)29(23-36-34)16-19-38(4)5)10-9-17-39(6)45(41,42)24-26-11-13-33-31(20-26)28(22-35-33)15-18-37(2)3/h11-14,20-23,30,35-36H,8-10,15-19,24-25H2,1-7H3. The third-order valence-corrected chi connectivity index (χ3v) is 12.6. The SMILES string of the molecule is CCC(CCCN(C)S(=O)(=O)Cc1ccc2[nH]cc(CCN(C)C)c2c1)N(C)S(=O)(=O)Cc1ccc2[nH]cc(CCN(C)C)c2c1. The predicted molar refractivity (Wildman–Crippen MR) is 190 cm³/mol. The fourth-order valence-electron chi connectivity index (χ4n) is 5.92. The van der Waals surface area contributed by atoms with Gasteiger partial charge in [0.1, 0.15) is 0 Å². The largest absolute Gasteiger partial charge is 0.361 e. The number of rotatable bonds is 18. The number of aromatic amines is 2. The Kier molecular flexibility index (Phi) is 12.1. The van der Waals surface area contributed by atoms with Crippen LogP contribution in [0.4, 0.5) is 0 Å². The normalized spacial score (nSPS) is 13.7. The van der Waals surface area contributed by atoms with Crippen molar-refractivity contribution in [1.82, 2.24) is 28.4 Å². The van der Waals surface area contributed by atoms with E-state index in [1.807, 2.05) is 83.9 Å². The van der Waals surface area contributed by atoms with E-state index in [1.54, 1.807) is 14.1 Å². The molecule has 0 aliphatic heterocycles. The molecule has 2 aromatic carbocycles. The summed E-state index contributed by atoms with van der Waals surface area (Å²) in [6.07, 6.45) is 7.55. The first-order valence-electron chi connectivity index (χ1n) is 16.1. The minimum absolute atomic E-state index is 0.0778. The first-order valence-corrected chi connectivity index (χ1v) is 19.3. The monoisotopic (exact) mass is 672 g/mol. The van der Waals surface area contributed by atoms with E-state index in [0.717, 1.165) is 58.9 Å². The van der Waals surface area contributed by atoms with Gasteiger partial charge in [0.2, 0.25) is 20.0 Å². The van der Waals surface area contributed by atoms with Crippen LogP contribution in [0.1, 0.15) is 48.4 Å². The molecule has 0 saturated carbocycles. The van der Waals surface area contributed by atoms with Gasteiger partial charge in [-0.2, -0.15) is 0 Å². The lowest BCUT2D eigenvalue weighted by Gasteiger charge is -2.27. The number of H-pyrrole nitrogens is 2. The second-order valence-corrected chi connectivity index (χ2v) is 17.2. The molecular formula is C34H52N6O4S2. The maximum absolute atomic E-state index is 13.5. The van der Waals surface area contributed by atoms with E-state index in [-0.39, 0.29) is 17.5 Å². The van der Waals surface area contributed by atoms with Crippen LogP contribution in [0.25, 0.3) is 21.8 Å². The van der Waals surface area contributed by atoms with Crippen molar-refractivity contribution < 1.29 is 16.8 Å². The fourth-order valence-corrected chi connectivity index (χ4v) is 8.67. The molecule has 4 aromatic rings. The smallest absolute Gasteiger partial charge is 0.218 e. The summed E-state index contributed by atoms with van der Waals surface area (Å²) in [6.45, 7) is 4.13. The molecule has 0 spiro atoms. The van der Waals surface area contributed by atoms with Crippen molar-refractivity contribution in [3.8, 4) is 0 Å². The molecule has 0 bridgehead atoms.